The molecule has 0 saturated carbocycles. The lowest BCUT2D eigenvalue weighted by Gasteiger charge is -2.18. The Labute approximate surface area is 110 Å². The van der Waals surface area contributed by atoms with Gasteiger partial charge >= 0.3 is 11.9 Å². The summed E-state index contributed by atoms with van der Waals surface area (Å²) in [7, 11) is 1.57. The SMILES string of the molecule is CCC(F)(F)C(=O)OC1CCc2cc(OC)ccc21. The fourth-order valence-electron chi connectivity index (χ4n) is 2.16. The van der Waals surface area contributed by atoms with E-state index >= 15 is 0 Å². The van der Waals surface area contributed by atoms with Crippen molar-refractivity contribution in [2.45, 2.75) is 38.2 Å². The molecule has 0 heterocycles. The van der Waals surface area contributed by atoms with E-state index in [1.807, 2.05) is 6.07 Å². The Morgan fingerprint density at radius 1 is 1.47 bits per heavy atom. The van der Waals surface area contributed by atoms with Crippen LogP contribution in [0.3, 0.4) is 0 Å². The maximum atomic E-state index is 13.2. The Hall–Kier alpha value is -1.65. The third-order valence-corrected chi connectivity index (χ3v) is 3.36. The van der Waals surface area contributed by atoms with Crippen LogP contribution >= 0.6 is 0 Å². The van der Waals surface area contributed by atoms with Gasteiger partial charge in [-0.15, -0.1) is 0 Å². The van der Waals surface area contributed by atoms with Crippen molar-refractivity contribution in [2.24, 2.45) is 0 Å². The number of esters is 1. The summed E-state index contributed by atoms with van der Waals surface area (Å²) in [5.74, 6) is -4.14. The maximum absolute atomic E-state index is 13.2. The van der Waals surface area contributed by atoms with Gasteiger partial charge in [0, 0.05) is 6.42 Å². The molecule has 3 nitrogen and oxygen atoms in total. The van der Waals surface area contributed by atoms with E-state index in [2.05, 4.69) is 0 Å². The van der Waals surface area contributed by atoms with Crippen LogP contribution in [0.4, 0.5) is 8.78 Å². The third-order valence-electron chi connectivity index (χ3n) is 3.36. The van der Waals surface area contributed by atoms with Crippen LogP contribution in [-0.4, -0.2) is 19.0 Å². The second-order valence-corrected chi connectivity index (χ2v) is 4.56. The number of carbonyl (C=O) groups is 1. The summed E-state index contributed by atoms with van der Waals surface area (Å²) in [5.41, 5.74) is 1.78. The van der Waals surface area contributed by atoms with Crippen molar-refractivity contribution in [2.75, 3.05) is 7.11 Å². The summed E-state index contributed by atoms with van der Waals surface area (Å²) < 4.78 is 36.4. The number of benzene rings is 1. The summed E-state index contributed by atoms with van der Waals surface area (Å²) in [6.45, 7) is 1.26. The Kier molecular flexibility index (Phi) is 3.73. The highest BCUT2D eigenvalue weighted by Crippen LogP contribution is 2.37. The van der Waals surface area contributed by atoms with Gasteiger partial charge in [0.2, 0.25) is 0 Å². The number of hydrogen-bond acceptors (Lipinski definition) is 3. The summed E-state index contributed by atoms with van der Waals surface area (Å²) >= 11 is 0. The smallest absolute Gasteiger partial charge is 0.377 e. The molecule has 2 rings (SSSR count). The Bertz CT molecular complexity index is 486. The van der Waals surface area contributed by atoms with Crippen LogP contribution in [0.25, 0.3) is 0 Å². The average Bonchev–Trinajstić information content (AvgIpc) is 2.81. The van der Waals surface area contributed by atoms with Gasteiger partial charge in [0.25, 0.3) is 0 Å². The van der Waals surface area contributed by atoms with E-state index in [4.69, 9.17) is 9.47 Å². The Morgan fingerprint density at radius 2 is 2.21 bits per heavy atom. The van der Waals surface area contributed by atoms with Crippen LogP contribution in [-0.2, 0) is 16.0 Å². The number of methoxy groups -OCH3 is 1. The van der Waals surface area contributed by atoms with Crippen LogP contribution in [0.5, 0.6) is 5.75 Å². The van der Waals surface area contributed by atoms with Crippen LogP contribution in [0, 0.1) is 0 Å². The van der Waals surface area contributed by atoms with Crippen molar-refractivity contribution in [3.8, 4) is 5.75 Å². The van der Waals surface area contributed by atoms with E-state index in [0.717, 1.165) is 11.1 Å². The molecule has 19 heavy (non-hydrogen) atoms. The molecule has 1 aliphatic rings. The predicted molar refractivity (Wildman–Crippen MR) is 65.4 cm³/mol. The highest BCUT2D eigenvalue weighted by atomic mass is 19.3. The highest BCUT2D eigenvalue weighted by Gasteiger charge is 2.41. The monoisotopic (exact) mass is 270 g/mol. The topological polar surface area (TPSA) is 35.5 Å². The lowest BCUT2D eigenvalue weighted by molar-refractivity contribution is -0.178. The van der Waals surface area contributed by atoms with Gasteiger partial charge in [-0.25, -0.2) is 4.79 Å². The molecule has 0 saturated heterocycles. The lowest BCUT2D eigenvalue weighted by Crippen LogP contribution is -2.30. The Balaban J connectivity index is 2.13. The molecule has 0 aromatic heterocycles. The minimum absolute atomic E-state index is 0.536. The molecule has 0 N–H and O–H groups in total. The zero-order valence-corrected chi connectivity index (χ0v) is 10.9. The third kappa shape index (κ3) is 2.69. The number of alkyl halides is 2. The first kappa shape index (κ1) is 13.8. The van der Waals surface area contributed by atoms with Crippen molar-refractivity contribution in [1.29, 1.82) is 0 Å². The number of halogens is 2. The van der Waals surface area contributed by atoms with Crippen molar-refractivity contribution < 1.29 is 23.0 Å². The lowest BCUT2D eigenvalue weighted by atomic mass is 10.1. The van der Waals surface area contributed by atoms with Gasteiger partial charge in [0.05, 0.1) is 7.11 Å². The number of hydrogen-bond donors (Lipinski definition) is 0. The molecule has 0 bridgehead atoms. The molecule has 1 aromatic rings. The minimum atomic E-state index is -3.41. The zero-order chi connectivity index (χ0) is 14.0. The average molecular weight is 270 g/mol. The number of ether oxygens (including phenoxy) is 2. The molecule has 1 aromatic carbocycles. The summed E-state index contributed by atoms with van der Waals surface area (Å²) in [6, 6.07) is 5.35. The number of rotatable bonds is 4. The van der Waals surface area contributed by atoms with E-state index in [-0.39, 0.29) is 0 Å². The fourth-order valence-corrected chi connectivity index (χ4v) is 2.16. The highest BCUT2D eigenvalue weighted by molar-refractivity contribution is 5.77. The molecule has 1 atom stereocenters. The van der Waals surface area contributed by atoms with Gasteiger partial charge < -0.3 is 9.47 Å². The van der Waals surface area contributed by atoms with Gasteiger partial charge in [-0.3, -0.25) is 0 Å². The van der Waals surface area contributed by atoms with Crippen molar-refractivity contribution >= 4 is 5.97 Å². The summed E-state index contributed by atoms with van der Waals surface area (Å²) in [6.07, 6.45) is 0.107. The molecule has 0 fully saturated rings. The Morgan fingerprint density at radius 3 is 2.84 bits per heavy atom. The quantitative estimate of drug-likeness (QED) is 0.788. The molecule has 1 unspecified atom stereocenters. The number of aryl methyl sites for hydroxylation is 1. The van der Waals surface area contributed by atoms with Crippen molar-refractivity contribution in [1.82, 2.24) is 0 Å². The molecule has 0 amide bonds. The van der Waals surface area contributed by atoms with Gasteiger partial charge in [-0.05, 0) is 36.1 Å². The molecule has 104 valence electrons. The standard InChI is InChI=1S/C14H16F2O3/c1-3-14(15,16)13(17)19-12-7-4-9-8-10(18-2)5-6-11(9)12/h5-6,8,12H,3-4,7H2,1-2H3. The van der Waals surface area contributed by atoms with Crippen LogP contribution < -0.4 is 4.74 Å². The first-order valence-corrected chi connectivity index (χ1v) is 6.23. The molecule has 0 radical (unpaired) electrons. The molecule has 0 aliphatic heterocycles. The summed E-state index contributed by atoms with van der Waals surface area (Å²) in [5, 5.41) is 0. The van der Waals surface area contributed by atoms with Gasteiger partial charge in [-0.2, -0.15) is 8.78 Å². The normalized spacial score (nSPS) is 18.0. The molecule has 5 heteroatoms. The van der Waals surface area contributed by atoms with E-state index in [0.29, 0.717) is 18.6 Å². The van der Waals surface area contributed by atoms with Crippen LogP contribution in [0.2, 0.25) is 0 Å². The van der Waals surface area contributed by atoms with Gasteiger partial charge in [0.1, 0.15) is 11.9 Å². The number of carbonyl (C=O) groups excluding carboxylic acids is 1. The fraction of sp³-hybridized carbons (Fsp3) is 0.500. The van der Waals surface area contributed by atoms with Crippen molar-refractivity contribution in [3.63, 3.8) is 0 Å². The zero-order valence-electron chi connectivity index (χ0n) is 10.9. The van der Waals surface area contributed by atoms with E-state index in [9.17, 15) is 13.6 Å². The van der Waals surface area contributed by atoms with Crippen LogP contribution in [0.1, 0.15) is 37.0 Å². The van der Waals surface area contributed by atoms with Gasteiger partial charge in [0.15, 0.2) is 0 Å². The van der Waals surface area contributed by atoms with E-state index in [1.54, 1.807) is 19.2 Å². The maximum Gasteiger partial charge on any atom is 0.377 e. The summed E-state index contributed by atoms with van der Waals surface area (Å²) in [4.78, 5) is 11.4. The number of fused-ring (bicyclic) bond motifs is 1. The first-order chi connectivity index (χ1) is 8.97. The van der Waals surface area contributed by atoms with Crippen molar-refractivity contribution in [3.05, 3.63) is 29.3 Å². The second-order valence-electron chi connectivity index (χ2n) is 4.56. The van der Waals surface area contributed by atoms with E-state index < -0.39 is 24.4 Å². The molecule has 0 spiro atoms. The predicted octanol–water partition coefficient (Wildman–Crippen LogP) is 3.27. The second kappa shape index (κ2) is 5.15. The molecule has 1 aliphatic carbocycles. The molecular formula is C14H16F2O3. The largest absolute Gasteiger partial charge is 0.497 e. The van der Waals surface area contributed by atoms with Crippen LogP contribution in [0.15, 0.2) is 18.2 Å². The van der Waals surface area contributed by atoms with E-state index in [1.165, 1.54) is 6.92 Å². The first-order valence-electron chi connectivity index (χ1n) is 6.23. The van der Waals surface area contributed by atoms with Gasteiger partial charge in [-0.1, -0.05) is 13.0 Å². The minimum Gasteiger partial charge on any atom is -0.497 e. The molecular weight excluding hydrogens is 254 g/mol.